The van der Waals surface area contributed by atoms with Crippen molar-refractivity contribution in [3.63, 3.8) is 0 Å². The molecule has 0 radical (unpaired) electrons. The number of carbonyl (C=O) groups excluding carboxylic acids is 2. The van der Waals surface area contributed by atoms with Crippen LogP contribution in [-0.4, -0.2) is 55.4 Å². The van der Waals surface area contributed by atoms with Gasteiger partial charge in [-0.25, -0.2) is 0 Å². The summed E-state index contributed by atoms with van der Waals surface area (Å²) in [7, 11) is 3.65. The van der Waals surface area contributed by atoms with Gasteiger partial charge in [0.05, 0.1) is 0 Å². The monoisotopic (exact) mass is 518 g/mol. The summed E-state index contributed by atoms with van der Waals surface area (Å²) in [5, 5.41) is 0.655. The van der Waals surface area contributed by atoms with Gasteiger partial charge >= 0.3 is 5.97 Å². The largest absolute Gasteiger partial charge is 0.454 e. The molecule has 0 saturated carbocycles. The van der Waals surface area contributed by atoms with Crippen LogP contribution in [0.3, 0.4) is 0 Å². The first-order chi connectivity index (χ1) is 17.8. The van der Waals surface area contributed by atoms with E-state index in [0.29, 0.717) is 24.3 Å². The number of benzene rings is 3. The second kappa shape index (κ2) is 11.5. The zero-order valence-corrected chi connectivity index (χ0v) is 22.6. The highest BCUT2D eigenvalue weighted by Crippen LogP contribution is 2.40. The van der Waals surface area contributed by atoms with Gasteiger partial charge in [0.25, 0.3) is 0 Å². The number of amides is 1. The molecule has 0 N–H and O–H groups in total. The second-order valence-electron chi connectivity index (χ2n) is 10.0. The average Bonchev–Trinajstić information content (AvgIpc) is 2.91. The summed E-state index contributed by atoms with van der Waals surface area (Å²) >= 11 is 6.11. The highest BCUT2D eigenvalue weighted by molar-refractivity contribution is 6.30. The fourth-order valence-electron chi connectivity index (χ4n) is 5.58. The van der Waals surface area contributed by atoms with Crippen LogP contribution in [0, 0.1) is 0 Å². The van der Waals surface area contributed by atoms with Crippen LogP contribution in [0.1, 0.15) is 42.9 Å². The molecule has 4 rings (SSSR count). The van der Waals surface area contributed by atoms with Crippen LogP contribution in [0.2, 0.25) is 5.02 Å². The molecule has 0 aromatic heterocycles. The number of hydrogen-bond donors (Lipinski definition) is 0. The molecule has 1 aliphatic heterocycles. The van der Waals surface area contributed by atoms with Crippen molar-refractivity contribution < 1.29 is 14.3 Å². The molecule has 1 amide bonds. The number of esters is 1. The van der Waals surface area contributed by atoms with Gasteiger partial charge in [0.1, 0.15) is 11.0 Å². The minimum atomic E-state index is -0.799. The first kappa shape index (κ1) is 26.9. The van der Waals surface area contributed by atoms with E-state index in [2.05, 4.69) is 29.2 Å². The molecule has 37 heavy (non-hydrogen) atoms. The number of carbonyl (C=O) groups is 2. The van der Waals surface area contributed by atoms with E-state index < -0.39 is 11.0 Å². The van der Waals surface area contributed by atoms with E-state index in [1.807, 2.05) is 74.8 Å². The number of rotatable bonds is 8. The highest BCUT2D eigenvalue weighted by Gasteiger charge is 2.44. The van der Waals surface area contributed by atoms with Gasteiger partial charge in [-0.1, -0.05) is 84.4 Å². The summed E-state index contributed by atoms with van der Waals surface area (Å²) in [6.45, 7) is 3.71. The Balaban J connectivity index is 1.60. The minimum Gasteiger partial charge on any atom is -0.454 e. The Bertz CT molecular complexity index is 1150. The molecule has 1 heterocycles. The summed E-state index contributed by atoms with van der Waals surface area (Å²) in [5.41, 5.74) is 1.49. The molecule has 0 aliphatic carbocycles. The van der Waals surface area contributed by atoms with Crippen LogP contribution in [-0.2, 0) is 25.3 Å². The van der Waals surface area contributed by atoms with Crippen LogP contribution >= 0.6 is 11.6 Å². The number of nitrogens with zero attached hydrogens (tertiary/aromatic N) is 2. The van der Waals surface area contributed by atoms with E-state index in [1.54, 1.807) is 4.90 Å². The molecule has 1 saturated heterocycles. The molecule has 6 heteroatoms. The van der Waals surface area contributed by atoms with Gasteiger partial charge in [0.15, 0.2) is 0 Å². The number of hydrogen-bond acceptors (Lipinski definition) is 4. The Morgan fingerprint density at radius 2 is 1.41 bits per heavy atom. The third-order valence-electron chi connectivity index (χ3n) is 7.48. The zero-order chi connectivity index (χ0) is 26.5. The lowest BCUT2D eigenvalue weighted by molar-refractivity contribution is -0.164. The van der Waals surface area contributed by atoms with Crippen LogP contribution < -0.4 is 0 Å². The van der Waals surface area contributed by atoms with Crippen molar-refractivity contribution in [1.29, 1.82) is 0 Å². The average molecular weight is 519 g/mol. The number of likely N-dealkylation sites (N-methyl/N-ethyl adjacent to an activating group) is 1. The molecule has 0 unspecified atom stereocenters. The van der Waals surface area contributed by atoms with Gasteiger partial charge in [-0.2, -0.15) is 0 Å². The fourth-order valence-corrected chi connectivity index (χ4v) is 5.70. The Labute approximate surface area is 225 Å². The van der Waals surface area contributed by atoms with Gasteiger partial charge in [-0.15, -0.1) is 0 Å². The molecule has 5 nitrogen and oxygen atoms in total. The Kier molecular flexibility index (Phi) is 8.35. The van der Waals surface area contributed by atoms with Crippen molar-refractivity contribution in [2.24, 2.45) is 0 Å². The molecular weight excluding hydrogens is 484 g/mol. The van der Waals surface area contributed by atoms with Crippen LogP contribution in [0.5, 0.6) is 0 Å². The maximum Gasteiger partial charge on any atom is 0.303 e. The normalized spacial score (nSPS) is 15.7. The SMILES string of the molecule is CC(=O)OC1(c2ccc(Cl)cc2)CCN(CCC(C(=O)N(C)C)(c2ccccc2)c2ccccc2)CC1. The third-order valence-corrected chi connectivity index (χ3v) is 7.73. The zero-order valence-electron chi connectivity index (χ0n) is 21.8. The topological polar surface area (TPSA) is 49.9 Å². The summed E-state index contributed by atoms with van der Waals surface area (Å²) in [5.74, 6) is -0.218. The van der Waals surface area contributed by atoms with Crippen LogP contribution in [0.15, 0.2) is 84.9 Å². The van der Waals surface area contributed by atoms with Crippen molar-refractivity contribution >= 4 is 23.5 Å². The number of piperidine rings is 1. The Hall–Kier alpha value is -3.15. The summed E-state index contributed by atoms with van der Waals surface area (Å²) in [4.78, 5) is 30.0. The molecule has 1 fully saturated rings. The number of ether oxygens (including phenoxy) is 1. The first-order valence-corrected chi connectivity index (χ1v) is 13.2. The van der Waals surface area contributed by atoms with Crippen LogP contribution in [0.4, 0.5) is 0 Å². The van der Waals surface area contributed by atoms with Gasteiger partial charge in [-0.05, 0) is 41.8 Å². The Morgan fingerprint density at radius 1 is 0.892 bits per heavy atom. The lowest BCUT2D eigenvalue weighted by Crippen LogP contribution is -2.49. The standard InChI is InChI=1S/C31H35ClN2O3/c1-24(35)37-30(25-14-16-28(32)17-15-25)18-21-34(22-19-30)23-20-31(29(36)33(2)3,26-10-6-4-7-11-26)27-12-8-5-9-13-27/h4-17H,18-23H2,1-3H3. The molecule has 194 valence electrons. The van der Waals surface area contributed by atoms with E-state index in [4.69, 9.17) is 16.3 Å². The van der Waals surface area contributed by atoms with Crippen molar-refractivity contribution in [2.45, 2.75) is 37.2 Å². The molecule has 0 spiro atoms. The quantitative estimate of drug-likeness (QED) is 0.361. The molecule has 0 bridgehead atoms. The van der Waals surface area contributed by atoms with E-state index in [-0.39, 0.29) is 11.9 Å². The molecule has 1 aliphatic rings. The number of halogens is 1. The predicted molar refractivity (Wildman–Crippen MR) is 148 cm³/mol. The predicted octanol–water partition coefficient (Wildman–Crippen LogP) is 5.66. The smallest absolute Gasteiger partial charge is 0.303 e. The van der Waals surface area contributed by atoms with Gasteiger partial charge in [0, 0.05) is 52.0 Å². The molecular formula is C31H35ClN2O3. The van der Waals surface area contributed by atoms with Crippen molar-refractivity contribution in [3.8, 4) is 0 Å². The lowest BCUT2D eigenvalue weighted by atomic mass is 9.70. The van der Waals surface area contributed by atoms with Gasteiger partial charge in [-0.3, -0.25) is 9.59 Å². The maximum atomic E-state index is 13.9. The highest BCUT2D eigenvalue weighted by atomic mass is 35.5. The van der Waals surface area contributed by atoms with Gasteiger partial charge < -0.3 is 14.5 Å². The van der Waals surface area contributed by atoms with E-state index in [1.165, 1.54) is 6.92 Å². The first-order valence-electron chi connectivity index (χ1n) is 12.8. The van der Waals surface area contributed by atoms with Crippen molar-refractivity contribution in [1.82, 2.24) is 9.80 Å². The molecule has 3 aromatic carbocycles. The van der Waals surface area contributed by atoms with Crippen molar-refractivity contribution in [3.05, 3.63) is 107 Å². The van der Waals surface area contributed by atoms with E-state index in [0.717, 1.165) is 36.3 Å². The Morgan fingerprint density at radius 3 is 1.86 bits per heavy atom. The maximum absolute atomic E-state index is 13.9. The molecule has 3 aromatic rings. The fraction of sp³-hybridized carbons (Fsp3) is 0.355. The summed E-state index contributed by atoms with van der Waals surface area (Å²) < 4.78 is 5.94. The third kappa shape index (κ3) is 5.73. The molecule has 0 atom stereocenters. The van der Waals surface area contributed by atoms with Gasteiger partial charge in [0.2, 0.25) is 5.91 Å². The summed E-state index contributed by atoms with van der Waals surface area (Å²) in [6.07, 6.45) is 2.00. The van der Waals surface area contributed by atoms with Crippen LogP contribution in [0.25, 0.3) is 0 Å². The van der Waals surface area contributed by atoms with E-state index >= 15 is 0 Å². The number of likely N-dealkylation sites (tertiary alicyclic amines) is 1. The lowest BCUT2D eigenvalue weighted by Gasteiger charge is -2.43. The van der Waals surface area contributed by atoms with Crippen molar-refractivity contribution in [2.75, 3.05) is 33.7 Å². The second-order valence-corrected chi connectivity index (χ2v) is 10.5. The summed E-state index contributed by atoms with van der Waals surface area (Å²) in [6, 6.07) is 27.7. The van der Waals surface area contributed by atoms with E-state index in [9.17, 15) is 9.59 Å². The minimum absolute atomic E-state index is 0.0670.